The highest BCUT2D eigenvalue weighted by Gasteiger charge is 2.10. The zero-order valence-corrected chi connectivity index (χ0v) is 10.2. The molecule has 0 spiro atoms. The molecule has 5 nitrogen and oxygen atoms in total. The first-order chi connectivity index (χ1) is 9.83. The van der Waals surface area contributed by atoms with Crippen LogP contribution in [0.3, 0.4) is 0 Å². The Kier molecular flexibility index (Phi) is 2.23. The fraction of sp³-hybridized carbons (Fsp3) is 0. The van der Waals surface area contributed by atoms with Crippen molar-refractivity contribution in [3.8, 4) is 11.1 Å². The summed E-state index contributed by atoms with van der Waals surface area (Å²) in [4.78, 5) is 8.49. The van der Waals surface area contributed by atoms with Gasteiger partial charge >= 0.3 is 0 Å². The first kappa shape index (κ1) is 11.0. The molecule has 20 heavy (non-hydrogen) atoms. The van der Waals surface area contributed by atoms with E-state index in [1.807, 2.05) is 6.07 Å². The molecule has 0 fully saturated rings. The van der Waals surface area contributed by atoms with Crippen molar-refractivity contribution in [2.24, 2.45) is 0 Å². The maximum absolute atomic E-state index is 13.8. The van der Waals surface area contributed by atoms with Crippen LogP contribution in [0.1, 0.15) is 0 Å². The van der Waals surface area contributed by atoms with Gasteiger partial charge in [0.25, 0.3) is 0 Å². The van der Waals surface area contributed by atoms with Crippen LogP contribution in [0.25, 0.3) is 33.2 Å². The second-order valence-corrected chi connectivity index (χ2v) is 4.38. The van der Waals surface area contributed by atoms with Gasteiger partial charge in [0, 0.05) is 28.9 Å². The third-order valence-corrected chi connectivity index (χ3v) is 3.20. The first-order valence-electron chi connectivity index (χ1n) is 6.03. The van der Waals surface area contributed by atoms with Crippen LogP contribution in [0.5, 0.6) is 0 Å². The van der Waals surface area contributed by atoms with Gasteiger partial charge in [-0.05, 0) is 30.3 Å². The van der Waals surface area contributed by atoms with Gasteiger partial charge in [-0.2, -0.15) is 10.3 Å². The van der Waals surface area contributed by atoms with E-state index in [-0.39, 0.29) is 5.82 Å². The van der Waals surface area contributed by atoms with Crippen LogP contribution in [0.2, 0.25) is 0 Å². The van der Waals surface area contributed by atoms with Crippen molar-refractivity contribution >= 4 is 22.1 Å². The van der Waals surface area contributed by atoms with Gasteiger partial charge in [0.15, 0.2) is 0 Å². The molecule has 6 heteroatoms. The Hall–Kier alpha value is -2.89. The molecular weight excluding hydrogens is 257 g/mol. The Bertz CT molecular complexity index is 931. The summed E-state index contributed by atoms with van der Waals surface area (Å²) in [5, 5.41) is 10.9. The Morgan fingerprint density at radius 2 is 2.00 bits per heavy atom. The van der Waals surface area contributed by atoms with Gasteiger partial charge in [0.2, 0.25) is 5.65 Å². The van der Waals surface area contributed by atoms with Gasteiger partial charge in [-0.25, -0.2) is 9.37 Å². The van der Waals surface area contributed by atoms with Crippen molar-refractivity contribution in [1.29, 1.82) is 0 Å². The molecule has 0 radical (unpaired) electrons. The van der Waals surface area contributed by atoms with Crippen molar-refractivity contribution in [2.75, 3.05) is 0 Å². The number of nitrogens with one attached hydrogen (secondary N) is 1. The lowest BCUT2D eigenvalue weighted by molar-refractivity contribution is 0.639. The average molecular weight is 265 g/mol. The van der Waals surface area contributed by atoms with Crippen LogP contribution >= 0.6 is 0 Å². The minimum Gasteiger partial charge on any atom is -0.255 e. The number of hydrogen-bond acceptors (Lipinski definition) is 4. The number of aromatic nitrogens is 5. The van der Waals surface area contributed by atoms with Crippen LogP contribution in [0, 0.1) is 5.82 Å². The Labute approximate surface area is 112 Å². The number of fused-ring (bicyclic) bond motifs is 2. The molecule has 0 amide bonds. The maximum Gasteiger partial charge on any atom is 0.201 e. The summed E-state index contributed by atoms with van der Waals surface area (Å²) < 4.78 is 13.8. The fourth-order valence-electron chi connectivity index (χ4n) is 2.26. The number of hydrogen-bond donors (Lipinski definition) is 1. The molecule has 1 aromatic carbocycles. The molecule has 4 rings (SSSR count). The molecular formula is C14H8FN5. The van der Waals surface area contributed by atoms with Crippen molar-refractivity contribution < 1.29 is 4.39 Å². The van der Waals surface area contributed by atoms with E-state index >= 15 is 0 Å². The lowest BCUT2D eigenvalue weighted by atomic mass is 10.0. The number of pyridine rings is 2. The summed E-state index contributed by atoms with van der Waals surface area (Å²) in [6.07, 6.45) is 3.33. The normalized spacial score (nSPS) is 11.2. The zero-order chi connectivity index (χ0) is 13.5. The molecule has 0 unspecified atom stereocenters. The van der Waals surface area contributed by atoms with Gasteiger partial charge < -0.3 is 0 Å². The summed E-state index contributed by atoms with van der Waals surface area (Å²) in [6.45, 7) is 0. The zero-order valence-electron chi connectivity index (χ0n) is 10.2. The van der Waals surface area contributed by atoms with Gasteiger partial charge in [0.05, 0.1) is 5.52 Å². The second kappa shape index (κ2) is 4.06. The average Bonchev–Trinajstić information content (AvgIpc) is 2.95. The van der Waals surface area contributed by atoms with Crippen LogP contribution in [-0.2, 0) is 0 Å². The molecule has 0 atom stereocenters. The molecule has 0 saturated heterocycles. The van der Waals surface area contributed by atoms with E-state index in [0.717, 1.165) is 11.1 Å². The van der Waals surface area contributed by atoms with E-state index in [0.29, 0.717) is 22.1 Å². The number of halogens is 1. The topological polar surface area (TPSA) is 67.3 Å². The molecule has 1 N–H and O–H groups in total. The number of H-pyrrole nitrogens is 1. The molecule has 3 heterocycles. The first-order valence-corrected chi connectivity index (χ1v) is 6.03. The Balaban J connectivity index is 2.04. The number of aromatic amines is 1. The van der Waals surface area contributed by atoms with Crippen molar-refractivity contribution in [2.45, 2.75) is 0 Å². The van der Waals surface area contributed by atoms with Crippen LogP contribution in [0.15, 0.2) is 42.7 Å². The van der Waals surface area contributed by atoms with Crippen LogP contribution < -0.4 is 0 Å². The number of rotatable bonds is 1. The highest BCUT2D eigenvalue weighted by molar-refractivity contribution is 5.95. The van der Waals surface area contributed by atoms with Crippen LogP contribution in [0.4, 0.5) is 4.39 Å². The minimum absolute atomic E-state index is 0.285. The third-order valence-electron chi connectivity index (χ3n) is 3.20. The monoisotopic (exact) mass is 265 g/mol. The van der Waals surface area contributed by atoms with E-state index in [2.05, 4.69) is 25.4 Å². The van der Waals surface area contributed by atoms with Gasteiger partial charge in [-0.15, -0.1) is 5.10 Å². The quantitative estimate of drug-likeness (QED) is 0.574. The maximum atomic E-state index is 13.8. The van der Waals surface area contributed by atoms with Gasteiger partial charge in [-0.1, -0.05) is 0 Å². The van der Waals surface area contributed by atoms with E-state index in [4.69, 9.17) is 0 Å². The highest BCUT2D eigenvalue weighted by atomic mass is 19.1. The molecule has 3 aromatic heterocycles. The second-order valence-electron chi connectivity index (χ2n) is 4.38. The predicted molar refractivity (Wildman–Crippen MR) is 72.4 cm³/mol. The summed E-state index contributed by atoms with van der Waals surface area (Å²) in [5.74, 6) is -0.285. The highest BCUT2D eigenvalue weighted by Crippen LogP contribution is 2.29. The molecule has 0 saturated carbocycles. The lowest BCUT2D eigenvalue weighted by Gasteiger charge is -2.06. The summed E-state index contributed by atoms with van der Waals surface area (Å²) >= 11 is 0. The molecule has 4 aromatic rings. The largest absolute Gasteiger partial charge is 0.255 e. The smallest absolute Gasteiger partial charge is 0.201 e. The predicted octanol–water partition coefficient (Wildman–Crippen LogP) is 2.71. The third kappa shape index (κ3) is 1.55. The van der Waals surface area contributed by atoms with Gasteiger partial charge in [-0.3, -0.25) is 4.98 Å². The SMILES string of the molecule is Fc1ccc(-c2cnc3n[nH]nc3c2)c2ncccc12. The van der Waals surface area contributed by atoms with E-state index < -0.39 is 0 Å². The fourth-order valence-corrected chi connectivity index (χ4v) is 2.26. The Morgan fingerprint density at radius 1 is 1.05 bits per heavy atom. The van der Waals surface area contributed by atoms with Crippen molar-refractivity contribution in [1.82, 2.24) is 25.4 Å². The summed E-state index contributed by atoms with van der Waals surface area (Å²) in [7, 11) is 0. The summed E-state index contributed by atoms with van der Waals surface area (Å²) in [6, 6.07) is 8.42. The molecule has 0 bridgehead atoms. The molecule has 0 aliphatic carbocycles. The van der Waals surface area contributed by atoms with Crippen molar-refractivity contribution in [3.63, 3.8) is 0 Å². The standard InChI is InChI=1S/C14H8FN5/c15-11-4-3-9(13-10(11)2-1-5-16-13)8-6-12-14(17-7-8)19-20-18-12/h1-7H,(H,17,18,19,20). The summed E-state index contributed by atoms with van der Waals surface area (Å²) in [5.41, 5.74) is 3.47. The van der Waals surface area contributed by atoms with E-state index in [9.17, 15) is 4.39 Å². The molecule has 0 aliphatic heterocycles. The van der Waals surface area contributed by atoms with Crippen LogP contribution in [-0.4, -0.2) is 25.4 Å². The molecule has 96 valence electrons. The number of benzene rings is 1. The minimum atomic E-state index is -0.285. The Morgan fingerprint density at radius 3 is 2.95 bits per heavy atom. The van der Waals surface area contributed by atoms with Crippen molar-refractivity contribution in [3.05, 3.63) is 48.5 Å². The van der Waals surface area contributed by atoms with E-state index in [1.165, 1.54) is 6.07 Å². The van der Waals surface area contributed by atoms with Gasteiger partial charge in [0.1, 0.15) is 11.3 Å². The van der Waals surface area contributed by atoms with E-state index in [1.54, 1.807) is 30.6 Å². The molecule has 0 aliphatic rings. The number of nitrogens with zero attached hydrogens (tertiary/aromatic N) is 4. The lowest BCUT2D eigenvalue weighted by Crippen LogP contribution is -1.89.